The standard InChI is InChI=1S/C16H23Cl2N3O/c1-2-21(10-12-5-4-8-19-9-12)11-15(22)20-16-13(17)6-3-7-14(16)18/h3,6-7,12,19H,2,4-5,8-11H2,1H3,(H,20,22). The van der Waals surface area contributed by atoms with Crippen molar-refractivity contribution in [1.29, 1.82) is 0 Å². The Morgan fingerprint density at radius 3 is 2.73 bits per heavy atom. The Kier molecular flexibility index (Phi) is 6.96. The van der Waals surface area contributed by atoms with Crippen molar-refractivity contribution in [1.82, 2.24) is 10.2 Å². The van der Waals surface area contributed by atoms with Crippen molar-refractivity contribution in [3.63, 3.8) is 0 Å². The summed E-state index contributed by atoms with van der Waals surface area (Å²) in [6.45, 7) is 6.36. The van der Waals surface area contributed by atoms with Crippen LogP contribution in [0.25, 0.3) is 0 Å². The third-order valence-corrected chi connectivity index (χ3v) is 4.59. The normalized spacial score (nSPS) is 18.5. The summed E-state index contributed by atoms with van der Waals surface area (Å²) in [5.41, 5.74) is 0.492. The number of likely N-dealkylation sites (N-methyl/N-ethyl adjacent to an activating group) is 1. The van der Waals surface area contributed by atoms with Crippen LogP contribution in [0.4, 0.5) is 5.69 Å². The number of anilines is 1. The molecule has 1 atom stereocenters. The van der Waals surface area contributed by atoms with Crippen molar-refractivity contribution in [3.8, 4) is 0 Å². The van der Waals surface area contributed by atoms with E-state index < -0.39 is 0 Å². The first-order valence-corrected chi connectivity index (χ1v) is 8.52. The van der Waals surface area contributed by atoms with Gasteiger partial charge in [-0.3, -0.25) is 9.69 Å². The van der Waals surface area contributed by atoms with E-state index in [0.29, 0.717) is 28.2 Å². The number of nitrogens with zero attached hydrogens (tertiary/aromatic N) is 1. The van der Waals surface area contributed by atoms with Crippen LogP contribution in [-0.4, -0.2) is 43.5 Å². The van der Waals surface area contributed by atoms with Gasteiger partial charge in [-0.2, -0.15) is 0 Å². The first-order valence-electron chi connectivity index (χ1n) is 7.77. The highest BCUT2D eigenvalue weighted by molar-refractivity contribution is 6.39. The monoisotopic (exact) mass is 343 g/mol. The zero-order valence-electron chi connectivity index (χ0n) is 12.9. The van der Waals surface area contributed by atoms with Gasteiger partial charge in [0, 0.05) is 6.54 Å². The van der Waals surface area contributed by atoms with Crippen LogP contribution in [0.3, 0.4) is 0 Å². The molecule has 122 valence electrons. The van der Waals surface area contributed by atoms with Gasteiger partial charge in [0.15, 0.2) is 0 Å². The predicted octanol–water partition coefficient (Wildman–Crippen LogP) is 3.25. The number of amides is 1. The molecular weight excluding hydrogens is 321 g/mol. The number of rotatable bonds is 6. The highest BCUT2D eigenvalue weighted by Gasteiger charge is 2.18. The maximum absolute atomic E-state index is 12.2. The lowest BCUT2D eigenvalue weighted by Gasteiger charge is -2.29. The Hall–Kier alpha value is -0.810. The van der Waals surface area contributed by atoms with Gasteiger partial charge in [-0.15, -0.1) is 0 Å². The average molecular weight is 344 g/mol. The quantitative estimate of drug-likeness (QED) is 0.833. The summed E-state index contributed by atoms with van der Waals surface area (Å²) in [5, 5.41) is 7.15. The van der Waals surface area contributed by atoms with E-state index in [4.69, 9.17) is 23.2 Å². The highest BCUT2D eigenvalue weighted by atomic mass is 35.5. The molecule has 22 heavy (non-hydrogen) atoms. The van der Waals surface area contributed by atoms with Gasteiger partial charge in [-0.05, 0) is 50.5 Å². The van der Waals surface area contributed by atoms with Crippen molar-refractivity contribution in [3.05, 3.63) is 28.2 Å². The summed E-state index contributed by atoms with van der Waals surface area (Å²) in [5.74, 6) is 0.533. The fourth-order valence-corrected chi connectivity index (χ4v) is 3.24. The second-order valence-corrected chi connectivity index (χ2v) is 6.50. The highest BCUT2D eigenvalue weighted by Crippen LogP contribution is 2.29. The molecule has 1 heterocycles. The minimum Gasteiger partial charge on any atom is -0.322 e. The molecule has 0 saturated carbocycles. The van der Waals surface area contributed by atoms with E-state index in [2.05, 4.69) is 22.5 Å². The maximum atomic E-state index is 12.2. The third-order valence-electron chi connectivity index (χ3n) is 3.96. The molecule has 1 saturated heterocycles. The van der Waals surface area contributed by atoms with Crippen LogP contribution < -0.4 is 10.6 Å². The van der Waals surface area contributed by atoms with Gasteiger partial charge in [0.25, 0.3) is 0 Å². The van der Waals surface area contributed by atoms with Crippen LogP contribution in [0.15, 0.2) is 18.2 Å². The molecule has 2 rings (SSSR count). The van der Waals surface area contributed by atoms with Crippen LogP contribution >= 0.6 is 23.2 Å². The molecule has 0 aromatic heterocycles. The van der Waals surface area contributed by atoms with Crippen LogP contribution in [-0.2, 0) is 4.79 Å². The SMILES string of the molecule is CCN(CC(=O)Nc1c(Cl)cccc1Cl)CC1CCCNC1. The lowest BCUT2D eigenvalue weighted by Crippen LogP contribution is -2.41. The predicted molar refractivity (Wildman–Crippen MR) is 92.8 cm³/mol. The summed E-state index contributed by atoms with van der Waals surface area (Å²) in [6, 6.07) is 5.19. The van der Waals surface area contributed by atoms with Crippen molar-refractivity contribution in [2.45, 2.75) is 19.8 Å². The fraction of sp³-hybridized carbons (Fsp3) is 0.562. The van der Waals surface area contributed by atoms with Gasteiger partial charge < -0.3 is 10.6 Å². The summed E-state index contributed by atoms with van der Waals surface area (Å²) in [7, 11) is 0. The first-order chi connectivity index (χ1) is 10.6. The number of piperidine rings is 1. The van der Waals surface area contributed by atoms with E-state index in [1.54, 1.807) is 18.2 Å². The number of hydrogen-bond acceptors (Lipinski definition) is 3. The Morgan fingerprint density at radius 2 is 2.14 bits per heavy atom. The molecular formula is C16H23Cl2N3O. The van der Waals surface area contributed by atoms with E-state index in [-0.39, 0.29) is 5.91 Å². The van der Waals surface area contributed by atoms with Gasteiger partial charge in [-0.1, -0.05) is 36.2 Å². The molecule has 1 aromatic carbocycles. The number of benzene rings is 1. The molecule has 1 unspecified atom stereocenters. The van der Waals surface area contributed by atoms with Gasteiger partial charge in [0.1, 0.15) is 0 Å². The van der Waals surface area contributed by atoms with Gasteiger partial charge in [-0.25, -0.2) is 0 Å². The van der Waals surface area contributed by atoms with Crippen molar-refractivity contribution < 1.29 is 4.79 Å². The lowest BCUT2D eigenvalue weighted by atomic mass is 9.99. The minimum absolute atomic E-state index is 0.0828. The molecule has 1 amide bonds. The van der Waals surface area contributed by atoms with Crippen LogP contribution in [0.1, 0.15) is 19.8 Å². The molecule has 6 heteroatoms. The van der Waals surface area contributed by atoms with Crippen LogP contribution in [0, 0.1) is 5.92 Å². The van der Waals surface area contributed by atoms with E-state index in [9.17, 15) is 4.79 Å². The van der Waals surface area contributed by atoms with E-state index in [1.165, 1.54) is 12.8 Å². The third kappa shape index (κ3) is 5.13. The largest absolute Gasteiger partial charge is 0.322 e. The van der Waals surface area contributed by atoms with Gasteiger partial charge in [0.2, 0.25) is 5.91 Å². The van der Waals surface area contributed by atoms with E-state index >= 15 is 0 Å². The molecule has 2 N–H and O–H groups in total. The first kappa shape index (κ1) is 17.5. The molecule has 1 aromatic rings. The Balaban J connectivity index is 1.88. The Labute approximate surface area is 142 Å². The van der Waals surface area contributed by atoms with E-state index in [1.807, 2.05) is 0 Å². The summed E-state index contributed by atoms with van der Waals surface area (Å²) in [6.07, 6.45) is 2.44. The molecule has 0 aliphatic carbocycles. The number of hydrogen-bond donors (Lipinski definition) is 2. The summed E-state index contributed by atoms with van der Waals surface area (Å²) in [4.78, 5) is 14.4. The van der Waals surface area contributed by atoms with Crippen molar-refractivity contribution in [2.75, 3.05) is 38.0 Å². The second kappa shape index (κ2) is 8.73. The average Bonchev–Trinajstić information content (AvgIpc) is 2.51. The Morgan fingerprint density at radius 1 is 1.41 bits per heavy atom. The molecule has 1 aliphatic heterocycles. The molecule has 0 radical (unpaired) electrons. The molecule has 1 fully saturated rings. The topological polar surface area (TPSA) is 44.4 Å². The Bertz CT molecular complexity index is 484. The molecule has 0 spiro atoms. The van der Waals surface area contributed by atoms with Crippen molar-refractivity contribution in [2.24, 2.45) is 5.92 Å². The molecule has 4 nitrogen and oxygen atoms in total. The molecule has 0 bridgehead atoms. The number of carbonyl (C=O) groups is 1. The zero-order chi connectivity index (χ0) is 15.9. The fourth-order valence-electron chi connectivity index (χ4n) is 2.75. The molecule has 1 aliphatic rings. The number of nitrogens with one attached hydrogen (secondary N) is 2. The number of halogens is 2. The van der Waals surface area contributed by atoms with Gasteiger partial charge in [0.05, 0.1) is 22.3 Å². The number of carbonyl (C=O) groups excluding carboxylic acids is 1. The van der Waals surface area contributed by atoms with E-state index in [0.717, 1.165) is 26.2 Å². The van der Waals surface area contributed by atoms with Crippen molar-refractivity contribution >= 4 is 34.8 Å². The van der Waals surface area contributed by atoms with Crippen LogP contribution in [0.2, 0.25) is 10.0 Å². The maximum Gasteiger partial charge on any atom is 0.238 e. The summed E-state index contributed by atoms with van der Waals surface area (Å²) < 4.78 is 0. The van der Waals surface area contributed by atoms with Gasteiger partial charge >= 0.3 is 0 Å². The second-order valence-electron chi connectivity index (χ2n) is 5.68. The lowest BCUT2D eigenvalue weighted by molar-refractivity contribution is -0.117. The smallest absolute Gasteiger partial charge is 0.238 e. The summed E-state index contributed by atoms with van der Waals surface area (Å²) >= 11 is 12.2. The number of para-hydroxylation sites is 1. The van der Waals surface area contributed by atoms with Crippen LogP contribution in [0.5, 0.6) is 0 Å². The minimum atomic E-state index is -0.0828. The zero-order valence-corrected chi connectivity index (χ0v) is 14.4.